The van der Waals surface area contributed by atoms with Gasteiger partial charge in [0.25, 0.3) is 5.91 Å². The van der Waals surface area contributed by atoms with Crippen LogP contribution in [0, 0.1) is 0 Å². The van der Waals surface area contributed by atoms with Gasteiger partial charge < -0.3 is 11.1 Å². The third-order valence-electron chi connectivity index (χ3n) is 2.33. The highest BCUT2D eigenvalue weighted by molar-refractivity contribution is 5.92. The van der Waals surface area contributed by atoms with E-state index in [1.165, 1.54) is 0 Å². The Morgan fingerprint density at radius 3 is 2.94 bits per heavy atom. The van der Waals surface area contributed by atoms with E-state index in [1.807, 2.05) is 16.9 Å². The molecule has 0 unspecified atom stereocenters. The van der Waals surface area contributed by atoms with Crippen molar-refractivity contribution in [3.05, 3.63) is 36.3 Å². The Kier molecular flexibility index (Phi) is 3.85. The number of hydrogen-bond donors (Lipinski definition) is 2. The molecule has 2 heterocycles. The normalized spacial score (nSPS) is 10.2. The zero-order valence-corrected chi connectivity index (χ0v) is 9.78. The first-order valence-electron chi connectivity index (χ1n) is 5.60. The van der Waals surface area contributed by atoms with Gasteiger partial charge in [0, 0.05) is 25.5 Å². The van der Waals surface area contributed by atoms with E-state index in [0.717, 1.165) is 13.0 Å². The van der Waals surface area contributed by atoms with Gasteiger partial charge in [-0.1, -0.05) is 0 Å². The number of nitrogens with one attached hydrogen (secondary N) is 1. The predicted molar refractivity (Wildman–Crippen MR) is 65.6 cm³/mol. The molecule has 0 radical (unpaired) electrons. The van der Waals surface area contributed by atoms with Crippen molar-refractivity contribution in [2.45, 2.75) is 13.0 Å². The Labute approximate surface area is 104 Å². The highest BCUT2D eigenvalue weighted by Gasteiger charge is 2.06. The van der Waals surface area contributed by atoms with Crippen LogP contribution in [0.25, 0.3) is 0 Å². The summed E-state index contributed by atoms with van der Waals surface area (Å²) >= 11 is 0. The molecule has 94 valence electrons. The van der Waals surface area contributed by atoms with Crippen molar-refractivity contribution in [2.75, 3.05) is 12.3 Å². The quantitative estimate of drug-likeness (QED) is 0.728. The Morgan fingerprint density at radius 2 is 2.28 bits per heavy atom. The zero-order chi connectivity index (χ0) is 12.8. The first-order chi connectivity index (χ1) is 8.75. The van der Waals surface area contributed by atoms with Crippen LogP contribution in [0.5, 0.6) is 0 Å². The molecular weight excluding hydrogens is 232 g/mol. The van der Waals surface area contributed by atoms with Gasteiger partial charge in [-0.3, -0.25) is 9.48 Å². The SMILES string of the molecule is Nc1ccc(C(=O)NCCCn2cccn2)nn1. The van der Waals surface area contributed by atoms with Gasteiger partial charge in [-0.25, -0.2) is 0 Å². The van der Waals surface area contributed by atoms with Gasteiger partial charge in [0.15, 0.2) is 5.69 Å². The molecule has 7 nitrogen and oxygen atoms in total. The van der Waals surface area contributed by atoms with Gasteiger partial charge in [0.05, 0.1) is 0 Å². The number of nitrogens with two attached hydrogens (primary N) is 1. The highest BCUT2D eigenvalue weighted by atomic mass is 16.1. The Morgan fingerprint density at radius 1 is 1.39 bits per heavy atom. The van der Waals surface area contributed by atoms with E-state index < -0.39 is 0 Å². The van der Waals surface area contributed by atoms with E-state index in [-0.39, 0.29) is 11.6 Å². The summed E-state index contributed by atoms with van der Waals surface area (Å²) in [7, 11) is 0. The highest BCUT2D eigenvalue weighted by Crippen LogP contribution is 1.97. The number of carbonyl (C=O) groups excluding carboxylic acids is 1. The van der Waals surface area contributed by atoms with Crippen LogP contribution in [0.1, 0.15) is 16.9 Å². The van der Waals surface area contributed by atoms with Crippen LogP contribution in [0.15, 0.2) is 30.6 Å². The summed E-state index contributed by atoms with van der Waals surface area (Å²) in [6.45, 7) is 1.32. The van der Waals surface area contributed by atoms with Gasteiger partial charge >= 0.3 is 0 Å². The van der Waals surface area contributed by atoms with Crippen molar-refractivity contribution in [2.24, 2.45) is 0 Å². The number of aryl methyl sites for hydroxylation is 1. The van der Waals surface area contributed by atoms with Gasteiger partial charge in [-0.05, 0) is 24.6 Å². The topological polar surface area (TPSA) is 98.7 Å². The van der Waals surface area contributed by atoms with E-state index in [1.54, 1.807) is 18.3 Å². The Hall–Kier alpha value is -2.44. The van der Waals surface area contributed by atoms with Gasteiger partial charge in [-0.2, -0.15) is 5.10 Å². The molecule has 0 atom stereocenters. The smallest absolute Gasteiger partial charge is 0.271 e. The maximum absolute atomic E-state index is 11.6. The summed E-state index contributed by atoms with van der Waals surface area (Å²) in [5.74, 6) is 0.0493. The summed E-state index contributed by atoms with van der Waals surface area (Å²) < 4.78 is 1.81. The summed E-state index contributed by atoms with van der Waals surface area (Å²) in [6.07, 6.45) is 4.41. The third-order valence-corrected chi connectivity index (χ3v) is 2.33. The van der Waals surface area contributed by atoms with Crippen LogP contribution in [-0.2, 0) is 6.54 Å². The van der Waals surface area contributed by atoms with Crippen molar-refractivity contribution >= 4 is 11.7 Å². The lowest BCUT2D eigenvalue weighted by Gasteiger charge is -2.04. The molecule has 0 spiro atoms. The zero-order valence-electron chi connectivity index (χ0n) is 9.78. The van der Waals surface area contributed by atoms with Gasteiger partial charge in [0.1, 0.15) is 5.82 Å². The van der Waals surface area contributed by atoms with Crippen LogP contribution in [-0.4, -0.2) is 32.4 Å². The number of carbonyl (C=O) groups is 1. The van der Waals surface area contributed by atoms with E-state index in [9.17, 15) is 4.79 Å². The molecule has 2 aromatic heterocycles. The van der Waals surface area contributed by atoms with Crippen molar-refractivity contribution in [1.29, 1.82) is 0 Å². The van der Waals surface area contributed by atoms with Crippen molar-refractivity contribution in [3.63, 3.8) is 0 Å². The minimum Gasteiger partial charge on any atom is -0.382 e. The average molecular weight is 246 g/mol. The summed E-state index contributed by atoms with van der Waals surface area (Å²) in [4.78, 5) is 11.6. The molecule has 0 aliphatic carbocycles. The molecule has 0 saturated heterocycles. The number of hydrogen-bond acceptors (Lipinski definition) is 5. The molecule has 0 saturated carbocycles. The van der Waals surface area contributed by atoms with E-state index in [4.69, 9.17) is 5.73 Å². The number of amides is 1. The molecule has 0 bridgehead atoms. The number of nitrogens with zero attached hydrogens (tertiary/aromatic N) is 4. The van der Waals surface area contributed by atoms with Crippen LogP contribution >= 0.6 is 0 Å². The first-order valence-corrected chi connectivity index (χ1v) is 5.60. The number of anilines is 1. The fourth-order valence-corrected chi connectivity index (χ4v) is 1.43. The third kappa shape index (κ3) is 3.27. The largest absolute Gasteiger partial charge is 0.382 e. The number of rotatable bonds is 5. The lowest BCUT2D eigenvalue weighted by Crippen LogP contribution is -2.26. The molecule has 3 N–H and O–H groups in total. The summed E-state index contributed by atoms with van der Waals surface area (Å²) in [5.41, 5.74) is 5.65. The van der Waals surface area contributed by atoms with Crippen LogP contribution in [0.3, 0.4) is 0 Å². The molecule has 1 amide bonds. The first kappa shape index (κ1) is 12.0. The van der Waals surface area contributed by atoms with Gasteiger partial charge in [-0.15, -0.1) is 10.2 Å². The van der Waals surface area contributed by atoms with Crippen LogP contribution in [0.4, 0.5) is 5.82 Å². The fraction of sp³-hybridized carbons (Fsp3) is 0.273. The maximum atomic E-state index is 11.6. The monoisotopic (exact) mass is 246 g/mol. The molecule has 0 aliphatic heterocycles. The second-order valence-corrected chi connectivity index (χ2v) is 3.72. The number of nitrogen functional groups attached to an aromatic ring is 1. The van der Waals surface area contributed by atoms with Gasteiger partial charge in [0.2, 0.25) is 0 Å². The van der Waals surface area contributed by atoms with E-state index in [2.05, 4.69) is 20.6 Å². The Bertz CT molecular complexity index is 493. The molecule has 0 aromatic carbocycles. The molecule has 0 fully saturated rings. The van der Waals surface area contributed by atoms with Crippen molar-refractivity contribution < 1.29 is 4.79 Å². The number of aromatic nitrogens is 4. The second-order valence-electron chi connectivity index (χ2n) is 3.72. The molecule has 2 rings (SSSR count). The van der Waals surface area contributed by atoms with Crippen molar-refractivity contribution in [3.8, 4) is 0 Å². The average Bonchev–Trinajstić information content (AvgIpc) is 2.88. The second kappa shape index (κ2) is 5.76. The van der Waals surface area contributed by atoms with E-state index >= 15 is 0 Å². The summed E-state index contributed by atoms with van der Waals surface area (Å²) in [6, 6.07) is 4.96. The molecule has 2 aromatic rings. The molecule has 0 aliphatic rings. The lowest BCUT2D eigenvalue weighted by atomic mass is 10.3. The Balaban J connectivity index is 1.73. The molecular formula is C11H14N6O. The maximum Gasteiger partial charge on any atom is 0.271 e. The minimum absolute atomic E-state index is 0.247. The standard InChI is InChI=1S/C11H14N6O/c12-10-4-3-9(15-16-10)11(18)13-5-1-7-17-8-2-6-14-17/h2-4,6,8H,1,5,7H2,(H2,12,16)(H,13,18). The minimum atomic E-state index is -0.247. The molecule has 7 heteroatoms. The molecule has 18 heavy (non-hydrogen) atoms. The van der Waals surface area contributed by atoms with Crippen molar-refractivity contribution in [1.82, 2.24) is 25.3 Å². The van der Waals surface area contributed by atoms with Crippen LogP contribution in [0.2, 0.25) is 0 Å². The predicted octanol–water partition coefficient (Wildman–Crippen LogP) is 0.0754. The lowest BCUT2D eigenvalue weighted by molar-refractivity contribution is 0.0946. The van der Waals surface area contributed by atoms with Crippen LogP contribution < -0.4 is 11.1 Å². The fourth-order valence-electron chi connectivity index (χ4n) is 1.43. The van der Waals surface area contributed by atoms with E-state index in [0.29, 0.717) is 12.4 Å². The summed E-state index contributed by atoms with van der Waals surface area (Å²) in [5, 5.41) is 14.2.